The van der Waals surface area contributed by atoms with Gasteiger partial charge in [0.25, 0.3) is 0 Å². The summed E-state index contributed by atoms with van der Waals surface area (Å²) in [6.45, 7) is 0.999. The second-order valence-corrected chi connectivity index (χ2v) is 5.70. The van der Waals surface area contributed by atoms with Gasteiger partial charge in [-0.25, -0.2) is 4.57 Å². The Kier molecular flexibility index (Phi) is 3.32. The van der Waals surface area contributed by atoms with E-state index in [9.17, 15) is 0 Å². The minimum atomic E-state index is 0.999. The third-order valence-electron chi connectivity index (χ3n) is 4.27. The standard InChI is InChI=1S/C21H18N/c1-2-8-20-16-22(14-12-17(20)6-1)15-13-19-10-5-9-18-7-3-4-11-21(18)19/h1-12,14,16H,13,15H2/q+1. The molecule has 0 fully saturated rings. The smallest absolute Gasteiger partial charge is 0.176 e. The van der Waals surface area contributed by atoms with Crippen LogP contribution in [-0.4, -0.2) is 0 Å². The molecule has 4 rings (SSSR count). The Morgan fingerprint density at radius 1 is 0.636 bits per heavy atom. The molecule has 0 atom stereocenters. The van der Waals surface area contributed by atoms with Gasteiger partial charge < -0.3 is 0 Å². The van der Waals surface area contributed by atoms with E-state index in [4.69, 9.17) is 0 Å². The van der Waals surface area contributed by atoms with Gasteiger partial charge in [-0.2, -0.15) is 0 Å². The minimum Gasteiger partial charge on any atom is -0.204 e. The summed E-state index contributed by atoms with van der Waals surface area (Å²) >= 11 is 0. The lowest BCUT2D eigenvalue weighted by Gasteiger charge is -2.05. The van der Waals surface area contributed by atoms with E-state index in [0.717, 1.165) is 13.0 Å². The molecule has 4 aromatic rings. The van der Waals surface area contributed by atoms with E-state index >= 15 is 0 Å². The summed E-state index contributed by atoms with van der Waals surface area (Å²) in [7, 11) is 0. The van der Waals surface area contributed by atoms with Crippen LogP contribution >= 0.6 is 0 Å². The van der Waals surface area contributed by atoms with Crippen LogP contribution in [0.4, 0.5) is 0 Å². The Hall–Kier alpha value is -2.67. The van der Waals surface area contributed by atoms with Gasteiger partial charge in [0.05, 0.1) is 0 Å². The molecule has 0 unspecified atom stereocenters. The maximum Gasteiger partial charge on any atom is 0.176 e. The number of hydrogen-bond acceptors (Lipinski definition) is 0. The zero-order chi connectivity index (χ0) is 14.8. The van der Waals surface area contributed by atoms with Crippen LogP contribution in [0.1, 0.15) is 5.56 Å². The van der Waals surface area contributed by atoms with E-state index in [1.54, 1.807) is 0 Å². The summed E-state index contributed by atoms with van der Waals surface area (Å²) in [5.74, 6) is 0. The Morgan fingerprint density at radius 3 is 2.27 bits per heavy atom. The molecule has 0 saturated carbocycles. The van der Waals surface area contributed by atoms with Crippen molar-refractivity contribution >= 4 is 21.5 Å². The first-order valence-electron chi connectivity index (χ1n) is 7.75. The van der Waals surface area contributed by atoms with Gasteiger partial charge in [-0.1, -0.05) is 60.7 Å². The second kappa shape index (κ2) is 5.61. The van der Waals surface area contributed by atoms with Crippen molar-refractivity contribution in [2.75, 3.05) is 0 Å². The van der Waals surface area contributed by atoms with Crippen molar-refractivity contribution in [3.8, 4) is 0 Å². The van der Waals surface area contributed by atoms with Crippen molar-refractivity contribution in [1.29, 1.82) is 0 Å². The second-order valence-electron chi connectivity index (χ2n) is 5.70. The largest absolute Gasteiger partial charge is 0.204 e. The average Bonchev–Trinajstić information content (AvgIpc) is 2.60. The van der Waals surface area contributed by atoms with Crippen LogP contribution < -0.4 is 4.57 Å². The Labute approximate surface area is 130 Å². The monoisotopic (exact) mass is 284 g/mol. The number of aromatic nitrogens is 1. The first-order valence-corrected chi connectivity index (χ1v) is 7.75. The molecule has 0 radical (unpaired) electrons. The molecule has 1 nitrogen and oxygen atoms in total. The van der Waals surface area contributed by atoms with Crippen LogP contribution in [0.5, 0.6) is 0 Å². The Balaban J connectivity index is 1.63. The highest BCUT2D eigenvalue weighted by atomic mass is 14.9. The van der Waals surface area contributed by atoms with Crippen molar-refractivity contribution < 1.29 is 4.57 Å². The average molecular weight is 284 g/mol. The lowest BCUT2D eigenvalue weighted by Crippen LogP contribution is -2.33. The molecular formula is C21H18N+. The van der Waals surface area contributed by atoms with Crippen molar-refractivity contribution in [3.05, 3.63) is 90.8 Å². The highest BCUT2D eigenvalue weighted by molar-refractivity contribution is 5.85. The fourth-order valence-corrected chi connectivity index (χ4v) is 3.08. The van der Waals surface area contributed by atoms with E-state index in [-0.39, 0.29) is 0 Å². The molecule has 0 aliphatic heterocycles. The topological polar surface area (TPSA) is 3.88 Å². The lowest BCUT2D eigenvalue weighted by molar-refractivity contribution is -0.695. The molecule has 0 aliphatic rings. The first-order chi connectivity index (χ1) is 10.9. The van der Waals surface area contributed by atoms with Crippen molar-refractivity contribution in [1.82, 2.24) is 0 Å². The molecule has 1 heteroatoms. The third-order valence-corrected chi connectivity index (χ3v) is 4.27. The van der Waals surface area contributed by atoms with Crippen LogP contribution in [0.25, 0.3) is 21.5 Å². The molecule has 0 N–H and O–H groups in total. The number of rotatable bonds is 3. The summed E-state index contributed by atoms with van der Waals surface area (Å²) < 4.78 is 2.28. The highest BCUT2D eigenvalue weighted by Crippen LogP contribution is 2.19. The summed E-state index contributed by atoms with van der Waals surface area (Å²) in [5.41, 5.74) is 1.42. The number of nitrogens with zero attached hydrogens (tertiary/aromatic N) is 1. The van der Waals surface area contributed by atoms with Gasteiger partial charge >= 0.3 is 0 Å². The number of fused-ring (bicyclic) bond motifs is 2. The van der Waals surface area contributed by atoms with Crippen LogP contribution in [0.3, 0.4) is 0 Å². The number of pyridine rings is 1. The van der Waals surface area contributed by atoms with Gasteiger partial charge in [0.15, 0.2) is 18.9 Å². The molecule has 22 heavy (non-hydrogen) atoms. The quantitative estimate of drug-likeness (QED) is 0.487. The van der Waals surface area contributed by atoms with Crippen LogP contribution in [0, 0.1) is 0 Å². The minimum absolute atomic E-state index is 0.999. The van der Waals surface area contributed by atoms with Crippen molar-refractivity contribution in [2.45, 2.75) is 13.0 Å². The maximum absolute atomic E-state index is 2.28. The maximum atomic E-state index is 2.28. The number of hydrogen-bond donors (Lipinski definition) is 0. The normalized spacial score (nSPS) is 11.1. The fourth-order valence-electron chi connectivity index (χ4n) is 3.08. The van der Waals surface area contributed by atoms with Gasteiger partial charge in [-0.3, -0.25) is 0 Å². The van der Waals surface area contributed by atoms with E-state index in [2.05, 4.69) is 89.8 Å². The summed E-state index contributed by atoms with van der Waals surface area (Å²) in [5, 5.41) is 5.28. The van der Waals surface area contributed by atoms with Gasteiger partial charge in [0, 0.05) is 17.9 Å². The zero-order valence-corrected chi connectivity index (χ0v) is 12.4. The van der Waals surface area contributed by atoms with Crippen molar-refractivity contribution in [2.24, 2.45) is 0 Å². The van der Waals surface area contributed by atoms with E-state index in [1.165, 1.54) is 27.1 Å². The predicted molar refractivity (Wildman–Crippen MR) is 91.8 cm³/mol. The Morgan fingerprint density at radius 2 is 1.36 bits per heavy atom. The molecule has 3 aromatic carbocycles. The van der Waals surface area contributed by atoms with Crippen molar-refractivity contribution in [3.63, 3.8) is 0 Å². The summed E-state index contributed by atoms with van der Waals surface area (Å²) in [4.78, 5) is 0. The molecule has 1 heterocycles. The van der Waals surface area contributed by atoms with Crippen LogP contribution in [0.2, 0.25) is 0 Å². The predicted octanol–water partition coefficient (Wildman–Crippen LogP) is 4.52. The lowest BCUT2D eigenvalue weighted by atomic mass is 10.0. The summed E-state index contributed by atoms with van der Waals surface area (Å²) in [6, 6.07) is 25.9. The Bertz CT molecular complexity index is 935. The molecule has 0 aliphatic carbocycles. The van der Waals surface area contributed by atoms with E-state index in [0.29, 0.717) is 0 Å². The van der Waals surface area contributed by atoms with Gasteiger partial charge in [0.1, 0.15) is 0 Å². The number of aryl methyl sites for hydroxylation is 2. The van der Waals surface area contributed by atoms with Crippen LogP contribution in [0.15, 0.2) is 85.2 Å². The fraction of sp³-hybridized carbons (Fsp3) is 0.0952. The summed E-state index contributed by atoms with van der Waals surface area (Å²) in [6.07, 6.45) is 5.46. The number of benzene rings is 3. The van der Waals surface area contributed by atoms with Gasteiger partial charge in [0.2, 0.25) is 0 Å². The zero-order valence-electron chi connectivity index (χ0n) is 12.4. The molecule has 0 bridgehead atoms. The molecule has 0 spiro atoms. The van der Waals surface area contributed by atoms with Crippen LogP contribution in [-0.2, 0) is 13.0 Å². The highest BCUT2D eigenvalue weighted by Gasteiger charge is 2.06. The third kappa shape index (κ3) is 2.46. The van der Waals surface area contributed by atoms with Gasteiger partial charge in [-0.05, 0) is 27.8 Å². The molecule has 0 saturated heterocycles. The molecular weight excluding hydrogens is 266 g/mol. The molecule has 106 valence electrons. The molecule has 1 aromatic heterocycles. The van der Waals surface area contributed by atoms with E-state index < -0.39 is 0 Å². The SMILES string of the molecule is c1ccc2c[n+](CCc3cccc4ccccc34)ccc2c1. The van der Waals surface area contributed by atoms with Gasteiger partial charge in [-0.15, -0.1) is 0 Å². The molecule has 0 amide bonds. The first kappa shape index (κ1) is 13.0. The van der Waals surface area contributed by atoms with E-state index in [1.807, 2.05) is 0 Å².